The molecule has 0 unspecified atom stereocenters. The highest BCUT2D eigenvalue weighted by molar-refractivity contribution is 5.98. The molecular formula is C24H33N3O5. The van der Waals surface area contributed by atoms with Gasteiger partial charge in [0, 0.05) is 6.42 Å². The molecule has 4 atom stereocenters. The number of allylic oxidation sites excluding steroid dienone is 1. The van der Waals surface area contributed by atoms with Crippen LogP contribution in [0.2, 0.25) is 0 Å². The third-order valence-electron chi connectivity index (χ3n) is 5.98. The molecule has 174 valence electrons. The predicted molar refractivity (Wildman–Crippen MR) is 120 cm³/mol. The van der Waals surface area contributed by atoms with Crippen LogP contribution in [0.3, 0.4) is 0 Å². The lowest BCUT2D eigenvalue weighted by atomic mass is 9.94. The molecule has 32 heavy (non-hydrogen) atoms. The van der Waals surface area contributed by atoms with Crippen LogP contribution in [0.1, 0.15) is 45.1 Å². The summed E-state index contributed by atoms with van der Waals surface area (Å²) >= 11 is 0. The molecule has 8 nitrogen and oxygen atoms in total. The number of Topliss-reactive ketones (excluding diaryl/α,β-unsaturated/α-hetero) is 1. The maximum absolute atomic E-state index is 13.3. The van der Waals surface area contributed by atoms with Crippen LogP contribution < -0.4 is 21.1 Å². The first-order chi connectivity index (χ1) is 15.2. The van der Waals surface area contributed by atoms with Crippen molar-refractivity contribution in [3.05, 3.63) is 41.5 Å². The minimum atomic E-state index is -0.873. The van der Waals surface area contributed by atoms with Gasteiger partial charge in [-0.2, -0.15) is 0 Å². The van der Waals surface area contributed by atoms with Crippen molar-refractivity contribution in [2.24, 2.45) is 5.73 Å². The van der Waals surface area contributed by atoms with Crippen LogP contribution in [0.25, 0.3) is 0 Å². The molecule has 2 aliphatic rings. The fraction of sp³-hybridized carbons (Fsp3) is 0.542. The third-order valence-corrected chi connectivity index (χ3v) is 5.98. The maximum atomic E-state index is 13.3. The van der Waals surface area contributed by atoms with Gasteiger partial charge in [-0.05, 0) is 57.2 Å². The number of hydrogen-bond donors (Lipinski definition) is 3. The number of rotatable bonds is 11. The Morgan fingerprint density at radius 2 is 1.78 bits per heavy atom. The van der Waals surface area contributed by atoms with Gasteiger partial charge in [0.05, 0.1) is 25.8 Å². The molecule has 1 aliphatic heterocycles. The molecule has 0 radical (unpaired) electrons. The molecule has 0 aromatic heterocycles. The number of ketones is 1. The van der Waals surface area contributed by atoms with Gasteiger partial charge in [-0.1, -0.05) is 23.8 Å². The van der Waals surface area contributed by atoms with Crippen molar-refractivity contribution in [2.45, 2.75) is 69.7 Å². The summed E-state index contributed by atoms with van der Waals surface area (Å²) in [6.45, 7) is 3.65. The number of benzene rings is 1. The summed E-state index contributed by atoms with van der Waals surface area (Å²) in [5.41, 5.74) is 6.86. The van der Waals surface area contributed by atoms with Crippen LogP contribution in [-0.2, 0) is 25.5 Å². The zero-order valence-corrected chi connectivity index (χ0v) is 19.0. The average molecular weight is 444 g/mol. The predicted octanol–water partition coefficient (Wildman–Crippen LogP) is 1.41. The fourth-order valence-electron chi connectivity index (χ4n) is 3.80. The molecule has 1 saturated heterocycles. The Morgan fingerprint density at radius 1 is 1.12 bits per heavy atom. The Kier molecular flexibility index (Phi) is 7.69. The van der Waals surface area contributed by atoms with Crippen molar-refractivity contribution in [1.82, 2.24) is 10.6 Å². The highest BCUT2D eigenvalue weighted by Gasteiger charge is 2.50. The number of amides is 2. The van der Waals surface area contributed by atoms with Crippen LogP contribution in [0, 0.1) is 0 Å². The smallest absolute Gasteiger partial charge is 0.243 e. The molecular weight excluding hydrogens is 410 g/mol. The lowest BCUT2D eigenvalue weighted by Gasteiger charge is -2.25. The molecule has 4 N–H and O–H groups in total. The Labute approximate surface area is 188 Å². The second-order valence-corrected chi connectivity index (χ2v) is 8.81. The highest BCUT2D eigenvalue weighted by atomic mass is 16.6. The van der Waals surface area contributed by atoms with Gasteiger partial charge < -0.3 is 25.8 Å². The van der Waals surface area contributed by atoms with Crippen LogP contribution in [0.5, 0.6) is 5.75 Å². The Morgan fingerprint density at radius 3 is 2.31 bits per heavy atom. The van der Waals surface area contributed by atoms with Crippen LogP contribution in [0.15, 0.2) is 35.9 Å². The average Bonchev–Trinajstić information content (AvgIpc) is 3.31. The summed E-state index contributed by atoms with van der Waals surface area (Å²) in [5, 5.41) is 5.61. The molecule has 2 amide bonds. The van der Waals surface area contributed by atoms with Crippen molar-refractivity contribution < 1.29 is 23.9 Å². The van der Waals surface area contributed by atoms with E-state index in [4.69, 9.17) is 15.2 Å². The van der Waals surface area contributed by atoms with E-state index in [0.29, 0.717) is 18.8 Å². The Bertz CT molecular complexity index is 874. The van der Waals surface area contributed by atoms with Crippen molar-refractivity contribution in [1.29, 1.82) is 0 Å². The molecule has 0 bridgehead atoms. The number of ether oxygens (including phenoxy) is 2. The second-order valence-electron chi connectivity index (χ2n) is 8.81. The van der Waals surface area contributed by atoms with E-state index in [9.17, 15) is 14.4 Å². The third kappa shape index (κ3) is 6.17. The lowest BCUT2D eigenvalue weighted by molar-refractivity contribution is -0.133. The molecule has 8 heteroatoms. The molecule has 0 saturated carbocycles. The van der Waals surface area contributed by atoms with E-state index in [0.717, 1.165) is 24.8 Å². The normalized spacial score (nSPS) is 22.3. The molecule has 1 heterocycles. The number of nitrogens with one attached hydrogen (secondary N) is 2. The van der Waals surface area contributed by atoms with E-state index in [1.165, 1.54) is 5.57 Å². The first-order valence-electron chi connectivity index (χ1n) is 11.1. The van der Waals surface area contributed by atoms with Gasteiger partial charge in [-0.25, -0.2) is 0 Å². The number of epoxide rings is 1. The molecule has 1 aliphatic carbocycles. The lowest BCUT2D eigenvalue weighted by Crippen LogP contribution is -2.56. The first kappa shape index (κ1) is 23.9. The minimum absolute atomic E-state index is 0.139. The summed E-state index contributed by atoms with van der Waals surface area (Å²) in [4.78, 5) is 38.6. The van der Waals surface area contributed by atoms with Crippen LogP contribution >= 0.6 is 0 Å². The highest BCUT2D eigenvalue weighted by Crippen LogP contribution is 2.31. The number of carbonyl (C=O) groups excluding carboxylic acids is 3. The van der Waals surface area contributed by atoms with Crippen molar-refractivity contribution in [3.63, 3.8) is 0 Å². The van der Waals surface area contributed by atoms with E-state index in [2.05, 4.69) is 16.7 Å². The largest absolute Gasteiger partial charge is 0.497 e. The zero-order valence-electron chi connectivity index (χ0n) is 19.0. The van der Waals surface area contributed by atoms with Gasteiger partial charge in [-0.3, -0.25) is 14.4 Å². The van der Waals surface area contributed by atoms with Crippen molar-refractivity contribution in [2.75, 3.05) is 13.7 Å². The Balaban J connectivity index is 1.76. The monoisotopic (exact) mass is 443 g/mol. The standard InChI is InChI=1S/C24H33N3O5/c1-15(25)22(29)27-20(13-17-8-10-18(31-3)11-9-17)23(30)26-19(12-16-6-4-5-7-16)21(28)24(2)14-32-24/h6,8-11,15,19-20H,4-5,7,12-14,25H2,1-3H3,(H,26,30)(H,27,29)/t15-,19-,20-,24-/m0/s1. The quantitative estimate of drug-likeness (QED) is 0.351. The SMILES string of the molecule is COc1ccc(C[C@H](NC(=O)[C@H](C)N)C(=O)N[C@@H](CC2=CCCC2)C(=O)[C@]2(C)CO2)cc1. The van der Waals surface area contributed by atoms with Gasteiger partial charge >= 0.3 is 0 Å². The summed E-state index contributed by atoms with van der Waals surface area (Å²) < 4.78 is 10.5. The van der Waals surface area contributed by atoms with Gasteiger partial charge in [0.1, 0.15) is 17.4 Å². The van der Waals surface area contributed by atoms with Gasteiger partial charge in [-0.15, -0.1) is 0 Å². The summed E-state index contributed by atoms with van der Waals surface area (Å²) in [6.07, 6.45) is 5.82. The summed E-state index contributed by atoms with van der Waals surface area (Å²) in [7, 11) is 1.58. The van der Waals surface area contributed by atoms with Crippen molar-refractivity contribution >= 4 is 17.6 Å². The fourth-order valence-corrected chi connectivity index (χ4v) is 3.80. The van der Waals surface area contributed by atoms with Gasteiger partial charge in [0.15, 0.2) is 5.78 Å². The summed E-state index contributed by atoms with van der Waals surface area (Å²) in [6, 6.07) is 4.92. The number of carbonyl (C=O) groups is 3. The van der Waals surface area contributed by atoms with Gasteiger partial charge in [0.2, 0.25) is 11.8 Å². The van der Waals surface area contributed by atoms with E-state index < -0.39 is 35.5 Å². The molecule has 1 aromatic rings. The first-order valence-corrected chi connectivity index (χ1v) is 11.1. The van der Waals surface area contributed by atoms with Crippen LogP contribution in [0.4, 0.5) is 0 Å². The van der Waals surface area contributed by atoms with Gasteiger partial charge in [0.25, 0.3) is 0 Å². The number of nitrogens with two attached hydrogens (primary N) is 1. The number of methoxy groups -OCH3 is 1. The zero-order chi connectivity index (χ0) is 23.3. The second kappa shape index (κ2) is 10.3. The minimum Gasteiger partial charge on any atom is -0.497 e. The maximum Gasteiger partial charge on any atom is 0.243 e. The molecule has 1 fully saturated rings. The summed E-state index contributed by atoms with van der Waals surface area (Å²) in [5.74, 6) is -0.295. The Hall–Kier alpha value is -2.71. The molecule has 3 rings (SSSR count). The van der Waals surface area contributed by atoms with E-state index in [1.807, 2.05) is 12.1 Å². The molecule has 1 aromatic carbocycles. The van der Waals surface area contributed by atoms with Crippen molar-refractivity contribution in [3.8, 4) is 5.75 Å². The van der Waals surface area contributed by atoms with E-state index in [-0.39, 0.29) is 12.2 Å². The molecule has 0 spiro atoms. The van der Waals surface area contributed by atoms with E-state index in [1.54, 1.807) is 33.1 Å². The van der Waals surface area contributed by atoms with Crippen LogP contribution in [-0.4, -0.2) is 55.0 Å². The van der Waals surface area contributed by atoms with E-state index >= 15 is 0 Å². The number of hydrogen-bond acceptors (Lipinski definition) is 6. The topological polar surface area (TPSA) is 123 Å².